The molecule has 2 heteroatoms. The molecule has 1 aliphatic carbocycles. The van der Waals surface area contributed by atoms with Crippen LogP contribution in [0, 0.1) is 17.8 Å². The molecule has 0 aromatic carbocycles. The Kier molecular flexibility index (Phi) is 3.95. The summed E-state index contributed by atoms with van der Waals surface area (Å²) in [6.07, 6.45) is 8.63. The SMILES string of the molecule is CC(C)C1CCCCC1NC1CCN2CCC1C2. The van der Waals surface area contributed by atoms with E-state index in [1.54, 1.807) is 0 Å². The summed E-state index contributed by atoms with van der Waals surface area (Å²) in [6, 6.07) is 1.64. The van der Waals surface area contributed by atoms with Gasteiger partial charge in [-0.2, -0.15) is 0 Å². The first-order chi connectivity index (χ1) is 8.74. The van der Waals surface area contributed by atoms with E-state index in [0.717, 1.165) is 29.8 Å². The predicted octanol–water partition coefficient (Wildman–Crippen LogP) is 2.89. The molecule has 2 saturated heterocycles. The summed E-state index contributed by atoms with van der Waals surface area (Å²) in [7, 11) is 0. The van der Waals surface area contributed by atoms with Crippen LogP contribution >= 0.6 is 0 Å². The van der Waals surface area contributed by atoms with Crippen molar-refractivity contribution >= 4 is 0 Å². The number of fused-ring (bicyclic) bond motifs is 2. The Bertz CT molecular complexity index is 276. The maximum absolute atomic E-state index is 4.09. The van der Waals surface area contributed by atoms with Crippen LogP contribution in [0.1, 0.15) is 52.4 Å². The Morgan fingerprint density at radius 1 is 0.944 bits per heavy atom. The van der Waals surface area contributed by atoms with Gasteiger partial charge in [0.25, 0.3) is 0 Å². The van der Waals surface area contributed by atoms with E-state index < -0.39 is 0 Å². The zero-order chi connectivity index (χ0) is 12.5. The maximum Gasteiger partial charge on any atom is 0.0123 e. The number of nitrogens with zero attached hydrogens (tertiary/aromatic N) is 1. The third-order valence-corrected chi connectivity index (χ3v) is 5.74. The molecule has 2 aliphatic heterocycles. The quantitative estimate of drug-likeness (QED) is 0.828. The number of hydrogen-bond acceptors (Lipinski definition) is 2. The van der Waals surface area contributed by atoms with Crippen molar-refractivity contribution < 1.29 is 0 Å². The monoisotopic (exact) mass is 250 g/mol. The Balaban J connectivity index is 1.60. The fourth-order valence-electron chi connectivity index (χ4n) is 4.61. The molecule has 1 N–H and O–H groups in total. The first-order valence-corrected chi connectivity index (χ1v) is 8.22. The van der Waals surface area contributed by atoms with E-state index in [0.29, 0.717) is 0 Å². The summed E-state index contributed by atoms with van der Waals surface area (Å²) in [5.74, 6) is 2.73. The summed E-state index contributed by atoms with van der Waals surface area (Å²) in [4.78, 5) is 2.66. The number of rotatable bonds is 3. The molecule has 5 atom stereocenters. The van der Waals surface area contributed by atoms with Gasteiger partial charge in [-0.15, -0.1) is 0 Å². The van der Waals surface area contributed by atoms with E-state index in [1.807, 2.05) is 0 Å². The van der Waals surface area contributed by atoms with Gasteiger partial charge >= 0.3 is 0 Å². The van der Waals surface area contributed by atoms with E-state index >= 15 is 0 Å². The van der Waals surface area contributed by atoms with Crippen LogP contribution < -0.4 is 5.32 Å². The van der Waals surface area contributed by atoms with Gasteiger partial charge in [-0.25, -0.2) is 0 Å². The molecule has 104 valence electrons. The van der Waals surface area contributed by atoms with Gasteiger partial charge in [-0.05, 0) is 56.5 Å². The summed E-state index contributed by atoms with van der Waals surface area (Å²) in [5.41, 5.74) is 0. The van der Waals surface area contributed by atoms with Crippen molar-refractivity contribution in [2.24, 2.45) is 17.8 Å². The van der Waals surface area contributed by atoms with Crippen LogP contribution in [0.25, 0.3) is 0 Å². The topological polar surface area (TPSA) is 15.3 Å². The van der Waals surface area contributed by atoms with Gasteiger partial charge < -0.3 is 10.2 Å². The minimum Gasteiger partial charge on any atom is -0.311 e. The van der Waals surface area contributed by atoms with Crippen molar-refractivity contribution in [2.75, 3.05) is 19.6 Å². The van der Waals surface area contributed by atoms with Crippen molar-refractivity contribution in [1.82, 2.24) is 10.2 Å². The van der Waals surface area contributed by atoms with Gasteiger partial charge in [-0.3, -0.25) is 0 Å². The minimum atomic E-state index is 0.816. The van der Waals surface area contributed by atoms with Crippen LogP contribution in [-0.2, 0) is 0 Å². The molecule has 0 amide bonds. The molecule has 5 unspecified atom stereocenters. The van der Waals surface area contributed by atoms with Crippen molar-refractivity contribution in [3.63, 3.8) is 0 Å². The van der Waals surface area contributed by atoms with Gasteiger partial charge in [0.2, 0.25) is 0 Å². The highest BCUT2D eigenvalue weighted by molar-refractivity contribution is 4.94. The predicted molar refractivity (Wildman–Crippen MR) is 76.7 cm³/mol. The summed E-state index contributed by atoms with van der Waals surface area (Å²) >= 11 is 0. The van der Waals surface area contributed by atoms with E-state index in [9.17, 15) is 0 Å². The van der Waals surface area contributed by atoms with Crippen LogP contribution in [0.3, 0.4) is 0 Å². The summed E-state index contributed by atoms with van der Waals surface area (Å²) < 4.78 is 0. The molecule has 3 aliphatic rings. The zero-order valence-corrected chi connectivity index (χ0v) is 12.2. The number of nitrogens with one attached hydrogen (secondary N) is 1. The van der Waals surface area contributed by atoms with E-state index in [4.69, 9.17) is 0 Å². The maximum atomic E-state index is 4.09. The highest BCUT2D eigenvalue weighted by atomic mass is 15.2. The fourth-order valence-corrected chi connectivity index (χ4v) is 4.61. The molecule has 0 aromatic heterocycles. The lowest BCUT2D eigenvalue weighted by atomic mass is 9.77. The standard InChI is InChI=1S/C16H30N2/c1-12(2)14-5-3-4-6-16(14)17-15-8-10-18-9-7-13(15)11-18/h12-17H,3-11H2,1-2H3. The van der Waals surface area contributed by atoms with E-state index in [-0.39, 0.29) is 0 Å². The minimum absolute atomic E-state index is 0.816. The molecular formula is C16H30N2. The molecule has 0 radical (unpaired) electrons. The lowest BCUT2D eigenvalue weighted by molar-refractivity contribution is 0.150. The average Bonchev–Trinajstić information content (AvgIpc) is 2.76. The zero-order valence-electron chi connectivity index (χ0n) is 12.2. The largest absolute Gasteiger partial charge is 0.311 e. The van der Waals surface area contributed by atoms with Crippen LogP contribution in [0.2, 0.25) is 0 Å². The van der Waals surface area contributed by atoms with Crippen LogP contribution in [0.15, 0.2) is 0 Å². The van der Waals surface area contributed by atoms with Gasteiger partial charge in [-0.1, -0.05) is 26.7 Å². The van der Waals surface area contributed by atoms with Crippen molar-refractivity contribution in [1.29, 1.82) is 0 Å². The lowest BCUT2D eigenvalue weighted by Gasteiger charge is -2.40. The fraction of sp³-hybridized carbons (Fsp3) is 1.00. The number of hydrogen-bond donors (Lipinski definition) is 1. The van der Waals surface area contributed by atoms with Gasteiger partial charge in [0.1, 0.15) is 0 Å². The second-order valence-electron chi connectivity index (χ2n) is 7.21. The Labute approximate surface area is 113 Å². The molecular weight excluding hydrogens is 220 g/mol. The first kappa shape index (κ1) is 12.9. The highest BCUT2D eigenvalue weighted by Crippen LogP contribution is 2.33. The number of piperidine rings is 1. The highest BCUT2D eigenvalue weighted by Gasteiger charge is 2.37. The lowest BCUT2D eigenvalue weighted by Crippen LogP contribution is -2.51. The molecule has 1 saturated carbocycles. The molecule has 3 fully saturated rings. The smallest absolute Gasteiger partial charge is 0.0123 e. The van der Waals surface area contributed by atoms with Crippen LogP contribution in [0.4, 0.5) is 0 Å². The van der Waals surface area contributed by atoms with Crippen LogP contribution in [0.5, 0.6) is 0 Å². The van der Waals surface area contributed by atoms with E-state index in [1.165, 1.54) is 58.2 Å². The molecule has 0 aromatic rings. The van der Waals surface area contributed by atoms with Gasteiger partial charge in [0.15, 0.2) is 0 Å². The summed E-state index contributed by atoms with van der Waals surface area (Å²) in [6.45, 7) is 8.91. The second kappa shape index (κ2) is 5.50. The third-order valence-electron chi connectivity index (χ3n) is 5.74. The molecule has 0 spiro atoms. The average molecular weight is 250 g/mol. The Morgan fingerprint density at radius 2 is 1.72 bits per heavy atom. The molecule has 18 heavy (non-hydrogen) atoms. The molecule has 2 heterocycles. The molecule has 2 bridgehead atoms. The van der Waals surface area contributed by atoms with Crippen LogP contribution in [-0.4, -0.2) is 36.6 Å². The Hall–Kier alpha value is -0.0800. The van der Waals surface area contributed by atoms with Crippen molar-refractivity contribution in [2.45, 2.75) is 64.5 Å². The normalized spacial score (nSPS) is 44.5. The summed E-state index contributed by atoms with van der Waals surface area (Å²) in [5, 5.41) is 4.09. The third kappa shape index (κ3) is 2.60. The second-order valence-corrected chi connectivity index (χ2v) is 7.21. The van der Waals surface area contributed by atoms with Gasteiger partial charge in [0, 0.05) is 18.6 Å². The first-order valence-electron chi connectivity index (χ1n) is 8.22. The van der Waals surface area contributed by atoms with E-state index in [2.05, 4.69) is 24.1 Å². The van der Waals surface area contributed by atoms with Gasteiger partial charge in [0.05, 0.1) is 0 Å². The van der Waals surface area contributed by atoms with Crippen molar-refractivity contribution in [3.05, 3.63) is 0 Å². The molecule has 2 nitrogen and oxygen atoms in total. The Morgan fingerprint density at radius 3 is 2.56 bits per heavy atom. The molecule has 3 rings (SSSR count). The van der Waals surface area contributed by atoms with Crippen molar-refractivity contribution in [3.8, 4) is 0 Å².